The summed E-state index contributed by atoms with van der Waals surface area (Å²) in [6.07, 6.45) is 0.487. The Labute approximate surface area is 108 Å². The molecule has 1 rings (SSSR count). The molecule has 1 aromatic carbocycles. The molecule has 3 nitrogen and oxygen atoms in total. The third kappa shape index (κ3) is 5.37. The van der Waals surface area contributed by atoms with Crippen LogP contribution in [-0.2, 0) is 4.79 Å². The van der Waals surface area contributed by atoms with E-state index in [-0.39, 0.29) is 5.91 Å². The summed E-state index contributed by atoms with van der Waals surface area (Å²) in [4.78, 5) is 11.1. The zero-order chi connectivity index (χ0) is 11.8. The summed E-state index contributed by atoms with van der Waals surface area (Å²) < 4.78 is 5.40. The lowest BCUT2D eigenvalue weighted by Gasteiger charge is -2.07. The van der Waals surface area contributed by atoms with Gasteiger partial charge >= 0.3 is 0 Å². The summed E-state index contributed by atoms with van der Waals surface area (Å²) in [7, 11) is 0. The Morgan fingerprint density at radius 2 is 2.06 bits per heavy atom. The number of ether oxygens (including phenoxy) is 1. The van der Waals surface area contributed by atoms with E-state index in [9.17, 15) is 4.79 Å². The first-order chi connectivity index (χ1) is 7.72. The number of hydrogen-bond donors (Lipinski definition) is 1. The van der Waals surface area contributed by atoms with Gasteiger partial charge < -0.3 is 10.1 Å². The second kappa shape index (κ2) is 7.52. The molecule has 5 heteroatoms. The summed E-state index contributed by atoms with van der Waals surface area (Å²) in [6.45, 7) is 0.962. The predicted octanol–water partition coefficient (Wildman–Crippen LogP) is 2.62. The van der Waals surface area contributed by atoms with Crippen LogP contribution in [0.2, 0.25) is 5.02 Å². The lowest BCUT2D eigenvalue weighted by atomic mass is 10.3. The summed E-state index contributed by atoms with van der Waals surface area (Å²) in [5.74, 6) is 0.774. The maximum atomic E-state index is 11.1. The minimum absolute atomic E-state index is 0.0246. The van der Waals surface area contributed by atoms with E-state index in [1.54, 1.807) is 24.3 Å². The van der Waals surface area contributed by atoms with Crippen LogP contribution in [0.5, 0.6) is 5.75 Å². The third-order valence-corrected chi connectivity index (χ3v) is 2.48. The van der Waals surface area contributed by atoms with Crippen LogP contribution in [-0.4, -0.2) is 24.4 Å². The van der Waals surface area contributed by atoms with Crippen LogP contribution >= 0.6 is 27.5 Å². The van der Waals surface area contributed by atoms with Crippen molar-refractivity contribution in [1.29, 1.82) is 0 Å². The maximum absolute atomic E-state index is 11.1. The van der Waals surface area contributed by atoms with E-state index >= 15 is 0 Å². The predicted molar refractivity (Wildman–Crippen MR) is 68.4 cm³/mol. The average Bonchev–Trinajstić information content (AvgIpc) is 2.27. The second-order valence-corrected chi connectivity index (χ2v) is 4.32. The number of hydrogen-bond acceptors (Lipinski definition) is 2. The van der Waals surface area contributed by atoms with Crippen LogP contribution in [0.3, 0.4) is 0 Å². The van der Waals surface area contributed by atoms with Gasteiger partial charge in [-0.3, -0.25) is 4.79 Å². The highest BCUT2D eigenvalue weighted by Crippen LogP contribution is 2.14. The molecule has 0 fully saturated rings. The Morgan fingerprint density at radius 3 is 2.69 bits per heavy atom. The molecule has 0 radical (unpaired) electrons. The van der Waals surface area contributed by atoms with Crippen molar-refractivity contribution in [2.24, 2.45) is 0 Å². The smallest absolute Gasteiger partial charge is 0.220 e. The van der Waals surface area contributed by atoms with Crippen molar-refractivity contribution in [3.8, 4) is 5.75 Å². The summed E-state index contributed by atoms with van der Waals surface area (Å²) in [5.41, 5.74) is 0. The topological polar surface area (TPSA) is 38.3 Å². The molecule has 0 atom stereocenters. The van der Waals surface area contributed by atoms with Crippen molar-refractivity contribution < 1.29 is 9.53 Å². The van der Waals surface area contributed by atoms with Crippen molar-refractivity contribution in [3.63, 3.8) is 0 Å². The number of benzene rings is 1. The van der Waals surface area contributed by atoms with Gasteiger partial charge in [-0.15, -0.1) is 0 Å². The SMILES string of the molecule is O=C(CCBr)NCCOc1ccc(Cl)cc1. The Balaban J connectivity index is 2.16. The summed E-state index contributed by atoms with van der Waals surface area (Å²) >= 11 is 8.93. The van der Waals surface area contributed by atoms with Gasteiger partial charge in [0.15, 0.2) is 0 Å². The van der Waals surface area contributed by atoms with E-state index in [1.807, 2.05) is 0 Å². The van der Waals surface area contributed by atoms with Gasteiger partial charge in [0.1, 0.15) is 12.4 Å². The molecular weight excluding hydrogens is 293 g/mol. The third-order valence-electron chi connectivity index (χ3n) is 1.83. The van der Waals surface area contributed by atoms with E-state index in [0.29, 0.717) is 29.9 Å². The fourth-order valence-electron chi connectivity index (χ4n) is 1.06. The van der Waals surface area contributed by atoms with Crippen molar-refractivity contribution >= 4 is 33.4 Å². The van der Waals surface area contributed by atoms with Gasteiger partial charge in [-0.25, -0.2) is 0 Å². The molecule has 0 heterocycles. The van der Waals surface area contributed by atoms with Crippen molar-refractivity contribution in [2.75, 3.05) is 18.5 Å². The molecule has 0 bridgehead atoms. The summed E-state index contributed by atoms with van der Waals surface area (Å²) in [6, 6.07) is 7.12. The van der Waals surface area contributed by atoms with Crippen LogP contribution in [0.4, 0.5) is 0 Å². The van der Waals surface area contributed by atoms with Gasteiger partial charge in [-0.2, -0.15) is 0 Å². The standard InChI is InChI=1S/C11H13BrClNO2/c12-6-5-11(15)14-7-8-16-10-3-1-9(13)2-4-10/h1-4H,5-8H2,(H,14,15). The number of carbonyl (C=O) groups is 1. The molecule has 88 valence electrons. The number of carbonyl (C=O) groups excluding carboxylic acids is 1. The fraction of sp³-hybridized carbons (Fsp3) is 0.364. The lowest BCUT2D eigenvalue weighted by molar-refractivity contribution is -0.120. The number of halogens is 2. The van der Waals surface area contributed by atoms with Crippen LogP contribution in [0.1, 0.15) is 6.42 Å². The van der Waals surface area contributed by atoms with E-state index < -0.39 is 0 Å². The first kappa shape index (κ1) is 13.3. The largest absolute Gasteiger partial charge is 0.492 e. The first-order valence-electron chi connectivity index (χ1n) is 4.93. The minimum atomic E-state index is 0.0246. The molecule has 0 aliphatic heterocycles. The van der Waals surface area contributed by atoms with Crippen LogP contribution in [0, 0.1) is 0 Å². The normalized spacial score (nSPS) is 9.88. The van der Waals surface area contributed by atoms with Crippen LogP contribution < -0.4 is 10.1 Å². The van der Waals surface area contributed by atoms with Crippen LogP contribution in [0.15, 0.2) is 24.3 Å². The Hall–Kier alpha value is -0.740. The highest BCUT2D eigenvalue weighted by atomic mass is 79.9. The average molecular weight is 307 g/mol. The Bertz CT molecular complexity index is 329. The van der Waals surface area contributed by atoms with E-state index in [1.165, 1.54) is 0 Å². The molecule has 1 amide bonds. The minimum Gasteiger partial charge on any atom is -0.492 e. The Kier molecular flexibility index (Phi) is 6.26. The van der Waals surface area contributed by atoms with Gasteiger partial charge in [0.2, 0.25) is 5.91 Å². The van der Waals surface area contributed by atoms with Gasteiger partial charge in [-0.1, -0.05) is 27.5 Å². The van der Waals surface area contributed by atoms with Crippen molar-refractivity contribution in [3.05, 3.63) is 29.3 Å². The summed E-state index contributed by atoms with van der Waals surface area (Å²) in [5, 5.41) is 4.10. The number of amides is 1. The van der Waals surface area contributed by atoms with Crippen LogP contribution in [0.25, 0.3) is 0 Å². The molecule has 1 N–H and O–H groups in total. The number of rotatable bonds is 6. The Morgan fingerprint density at radius 1 is 1.38 bits per heavy atom. The monoisotopic (exact) mass is 305 g/mol. The zero-order valence-corrected chi connectivity index (χ0v) is 11.1. The zero-order valence-electron chi connectivity index (χ0n) is 8.71. The molecule has 0 unspecified atom stereocenters. The molecule has 0 aromatic heterocycles. The maximum Gasteiger partial charge on any atom is 0.220 e. The molecule has 0 saturated carbocycles. The highest BCUT2D eigenvalue weighted by molar-refractivity contribution is 9.09. The van der Waals surface area contributed by atoms with Gasteiger partial charge in [-0.05, 0) is 24.3 Å². The highest BCUT2D eigenvalue weighted by Gasteiger charge is 1.98. The molecule has 1 aromatic rings. The number of alkyl halides is 1. The molecular formula is C11H13BrClNO2. The van der Waals surface area contributed by atoms with E-state index in [4.69, 9.17) is 16.3 Å². The lowest BCUT2D eigenvalue weighted by Crippen LogP contribution is -2.28. The van der Waals surface area contributed by atoms with Gasteiger partial charge in [0.05, 0.1) is 6.54 Å². The second-order valence-electron chi connectivity index (χ2n) is 3.09. The molecule has 0 saturated heterocycles. The first-order valence-corrected chi connectivity index (χ1v) is 6.43. The van der Waals surface area contributed by atoms with E-state index in [0.717, 1.165) is 5.75 Å². The van der Waals surface area contributed by atoms with Gasteiger partial charge in [0.25, 0.3) is 0 Å². The van der Waals surface area contributed by atoms with E-state index in [2.05, 4.69) is 21.2 Å². The molecule has 16 heavy (non-hydrogen) atoms. The molecule has 0 aliphatic rings. The van der Waals surface area contributed by atoms with Crippen molar-refractivity contribution in [2.45, 2.75) is 6.42 Å². The number of nitrogens with one attached hydrogen (secondary N) is 1. The molecule has 0 spiro atoms. The van der Waals surface area contributed by atoms with Crippen molar-refractivity contribution in [1.82, 2.24) is 5.32 Å². The fourth-order valence-corrected chi connectivity index (χ4v) is 1.55. The quantitative estimate of drug-likeness (QED) is 0.648. The van der Waals surface area contributed by atoms with Gasteiger partial charge in [0, 0.05) is 16.8 Å². The molecule has 0 aliphatic carbocycles.